The number of nitrogens with one attached hydrogen (secondary N) is 3. The Morgan fingerprint density at radius 2 is 1.64 bits per heavy atom. The van der Waals surface area contributed by atoms with Crippen LogP contribution in [-0.2, 0) is 17.5 Å². The molecule has 1 amide bonds. The highest BCUT2D eigenvalue weighted by molar-refractivity contribution is 6.07. The molecule has 1 aliphatic heterocycles. The minimum absolute atomic E-state index is 0.163. The molecular weight excluding hydrogens is 674 g/mol. The van der Waals surface area contributed by atoms with Gasteiger partial charge in [-0.2, -0.15) is 13.2 Å². The summed E-state index contributed by atoms with van der Waals surface area (Å²) in [7, 11) is 4.03. The fourth-order valence-electron chi connectivity index (χ4n) is 6.28. The number of likely N-dealkylation sites (N-methyl/N-ethyl adjacent to an activating group) is 2. The first-order chi connectivity index (χ1) is 25.1. The van der Waals surface area contributed by atoms with E-state index in [1.807, 2.05) is 65.2 Å². The van der Waals surface area contributed by atoms with Crippen molar-refractivity contribution in [2.75, 3.05) is 70.5 Å². The number of hydrogen-bond donors (Lipinski definition) is 3. The van der Waals surface area contributed by atoms with Crippen LogP contribution in [0.4, 0.5) is 24.5 Å². The maximum Gasteiger partial charge on any atom is 0.416 e. The van der Waals surface area contributed by atoms with Gasteiger partial charge in [0.1, 0.15) is 0 Å². The molecule has 0 aliphatic carbocycles. The van der Waals surface area contributed by atoms with Crippen molar-refractivity contribution < 1.29 is 18.0 Å². The molecule has 3 rings (SSSR count). The highest BCUT2D eigenvalue weighted by Crippen LogP contribution is 2.35. The molecule has 2 aromatic rings. The molecule has 1 saturated heterocycles. The molecule has 0 saturated carbocycles. The highest BCUT2D eigenvalue weighted by Gasteiger charge is 2.34. The number of hydrogen-bond acceptors (Lipinski definition) is 6. The Kier molecular flexibility index (Phi) is 16.9. The van der Waals surface area contributed by atoms with Crippen LogP contribution in [0.5, 0.6) is 0 Å². The molecule has 1 heterocycles. The number of allylic oxidation sites excluding steroid dienone is 5. The third kappa shape index (κ3) is 13.2. The number of benzene rings is 2. The van der Waals surface area contributed by atoms with E-state index in [-0.39, 0.29) is 23.9 Å². The fraction of sp³-hybridized carbons (Fsp3) is 0.512. The predicted octanol–water partition coefficient (Wildman–Crippen LogP) is 9.17. The van der Waals surface area contributed by atoms with Crippen LogP contribution in [0.25, 0.3) is 5.70 Å². The largest absolute Gasteiger partial charge is 0.416 e. The number of halogens is 3. The van der Waals surface area contributed by atoms with E-state index in [0.717, 1.165) is 56.1 Å². The van der Waals surface area contributed by atoms with Gasteiger partial charge in [0.25, 0.3) is 5.91 Å². The van der Waals surface area contributed by atoms with E-state index in [0.29, 0.717) is 47.1 Å². The molecule has 53 heavy (non-hydrogen) atoms. The molecule has 0 radical (unpaired) electrons. The van der Waals surface area contributed by atoms with Crippen molar-refractivity contribution in [3.05, 3.63) is 99.8 Å². The zero-order chi connectivity index (χ0) is 39.3. The van der Waals surface area contributed by atoms with Crippen LogP contribution in [-0.4, -0.2) is 80.5 Å². The monoisotopic (exact) mass is 737 g/mol. The van der Waals surface area contributed by atoms with Gasteiger partial charge in [-0.15, -0.1) is 0 Å². The van der Waals surface area contributed by atoms with E-state index in [1.165, 1.54) is 6.07 Å². The maximum atomic E-state index is 14.5. The second-order valence-corrected chi connectivity index (χ2v) is 14.7. The highest BCUT2D eigenvalue weighted by atomic mass is 19.4. The molecule has 0 bridgehead atoms. The second-order valence-electron chi connectivity index (χ2n) is 14.7. The molecule has 7 nitrogen and oxygen atoms in total. The van der Waals surface area contributed by atoms with Gasteiger partial charge in [0.15, 0.2) is 0 Å². The number of alkyl halides is 3. The van der Waals surface area contributed by atoms with Crippen LogP contribution in [0, 0.1) is 18.8 Å². The third-order valence-corrected chi connectivity index (χ3v) is 9.44. The van der Waals surface area contributed by atoms with Crippen molar-refractivity contribution in [2.45, 2.75) is 74.5 Å². The summed E-state index contributed by atoms with van der Waals surface area (Å²) in [4.78, 5) is 20.6. The lowest BCUT2D eigenvalue weighted by molar-refractivity contribution is -0.138. The lowest BCUT2D eigenvalue weighted by atomic mass is 9.94. The van der Waals surface area contributed by atoms with Crippen LogP contribution in [0.15, 0.2) is 77.5 Å². The SMILES string of the molecule is C\C=C(C(=O)Nc1cc(NC(=CCC)c2ccc(CN3CCN(CC)CC3)c(C(F)(F)F)c2)ccc1C)/C(NCCN(C)C)=C(/C=C\C(C)C)C(C)C. The Morgan fingerprint density at radius 3 is 2.21 bits per heavy atom. The molecule has 3 N–H and O–H groups in total. The van der Waals surface area contributed by atoms with Crippen molar-refractivity contribution in [1.29, 1.82) is 0 Å². The molecule has 0 spiro atoms. The van der Waals surface area contributed by atoms with Crippen molar-refractivity contribution >= 4 is 23.0 Å². The lowest BCUT2D eigenvalue weighted by Crippen LogP contribution is -2.45. The summed E-state index contributed by atoms with van der Waals surface area (Å²) in [5.74, 6) is 0.266. The Balaban J connectivity index is 1.93. The Morgan fingerprint density at radius 1 is 0.962 bits per heavy atom. The Labute approximate surface area is 317 Å². The van der Waals surface area contributed by atoms with Crippen molar-refractivity contribution in [3.8, 4) is 0 Å². The Hall–Kier alpha value is -3.86. The van der Waals surface area contributed by atoms with E-state index >= 15 is 0 Å². The molecule has 10 heteroatoms. The number of carbonyl (C=O) groups excluding carboxylic acids is 1. The van der Waals surface area contributed by atoms with E-state index in [9.17, 15) is 18.0 Å². The number of anilines is 2. The second kappa shape index (κ2) is 20.6. The topological polar surface area (TPSA) is 62.9 Å². The first-order valence-electron chi connectivity index (χ1n) is 19.1. The molecule has 0 unspecified atom stereocenters. The maximum absolute atomic E-state index is 14.5. The molecule has 2 aromatic carbocycles. The third-order valence-electron chi connectivity index (χ3n) is 9.44. The summed E-state index contributed by atoms with van der Waals surface area (Å²) in [5.41, 5.74) is 5.21. The zero-order valence-corrected chi connectivity index (χ0v) is 33.7. The zero-order valence-electron chi connectivity index (χ0n) is 33.7. The number of nitrogens with zero attached hydrogens (tertiary/aromatic N) is 3. The summed E-state index contributed by atoms with van der Waals surface area (Å²) in [5, 5.41) is 10.1. The average Bonchev–Trinajstić information content (AvgIpc) is 3.09. The molecular formula is C43H63F3N6O. The van der Waals surface area contributed by atoms with E-state index in [2.05, 4.69) is 77.4 Å². The van der Waals surface area contributed by atoms with Crippen molar-refractivity contribution in [2.24, 2.45) is 11.8 Å². The van der Waals surface area contributed by atoms with Crippen molar-refractivity contribution in [3.63, 3.8) is 0 Å². The first kappa shape index (κ1) is 43.5. The molecule has 1 fully saturated rings. The minimum Gasteiger partial charge on any atom is -0.383 e. The van der Waals surface area contributed by atoms with Gasteiger partial charge in [0, 0.05) is 62.9 Å². The summed E-state index contributed by atoms with van der Waals surface area (Å²) < 4.78 is 43.5. The van der Waals surface area contributed by atoms with Crippen LogP contribution in [0.3, 0.4) is 0 Å². The van der Waals surface area contributed by atoms with Gasteiger partial charge in [0.05, 0.1) is 16.8 Å². The minimum atomic E-state index is -4.49. The van der Waals surface area contributed by atoms with Gasteiger partial charge >= 0.3 is 6.18 Å². The summed E-state index contributed by atoms with van der Waals surface area (Å²) in [6, 6.07) is 10.3. The summed E-state index contributed by atoms with van der Waals surface area (Å²) in [6.07, 6.45) is 4.12. The number of carbonyl (C=O) groups is 1. The van der Waals surface area contributed by atoms with Gasteiger partial charge in [-0.25, -0.2) is 0 Å². The number of piperazine rings is 1. The molecule has 0 aromatic heterocycles. The van der Waals surface area contributed by atoms with E-state index in [1.54, 1.807) is 12.1 Å². The van der Waals surface area contributed by atoms with Gasteiger partial charge < -0.3 is 25.8 Å². The fourth-order valence-corrected chi connectivity index (χ4v) is 6.28. The van der Waals surface area contributed by atoms with E-state index in [4.69, 9.17) is 0 Å². The van der Waals surface area contributed by atoms with Gasteiger partial charge in [-0.1, -0.05) is 84.0 Å². The van der Waals surface area contributed by atoms with Gasteiger partial charge in [0.2, 0.25) is 0 Å². The number of aryl methyl sites for hydroxylation is 1. The van der Waals surface area contributed by atoms with E-state index < -0.39 is 11.7 Å². The van der Waals surface area contributed by atoms with Crippen LogP contribution < -0.4 is 16.0 Å². The van der Waals surface area contributed by atoms with Crippen molar-refractivity contribution in [1.82, 2.24) is 20.0 Å². The van der Waals surface area contributed by atoms with Crippen LogP contribution >= 0.6 is 0 Å². The number of amides is 1. The normalized spacial score (nSPS) is 15.8. The van der Waals surface area contributed by atoms with Gasteiger partial charge in [-0.3, -0.25) is 9.69 Å². The predicted molar refractivity (Wildman–Crippen MR) is 217 cm³/mol. The average molecular weight is 737 g/mol. The molecule has 0 atom stereocenters. The first-order valence-corrected chi connectivity index (χ1v) is 19.1. The van der Waals surface area contributed by atoms with Crippen LogP contribution in [0.2, 0.25) is 0 Å². The Bertz CT molecular complexity index is 1630. The molecule has 292 valence electrons. The lowest BCUT2D eigenvalue weighted by Gasteiger charge is -2.34. The summed E-state index contributed by atoms with van der Waals surface area (Å²) in [6.45, 7) is 22.2. The molecule has 1 aliphatic rings. The standard InChI is InChI=1S/C43H63F3N6O/c1-11-14-39(33-17-18-34(38(27-33)43(44,45)46)29-52-25-23-51(13-3)24-26-52)48-35-19-16-32(8)40(28-35)49-42(53)36(12-2)41(47-21-22-50(9)10)37(31(6)7)20-15-30(4)5/h12,14-20,27-28,30-31,47-48H,11,13,21-26,29H2,1-10H3,(H,49,53)/b20-15-,36-12+,39-14?,41-37+. The quantitative estimate of drug-likeness (QED) is 0.111. The smallest absolute Gasteiger partial charge is 0.383 e. The van der Waals surface area contributed by atoms with Crippen LogP contribution in [0.1, 0.15) is 77.1 Å². The summed E-state index contributed by atoms with van der Waals surface area (Å²) >= 11 is 0. The number of rotatable bonds is 17. The van der Waals surface area contributed by atoms with Gasteiger partial charge in [-0.05, 0) is 93.2 Å².